The standard InChI is InChI=1S/C7H13S2/c1-2-4-7-8-5-3-6-9-7/h4,7H,2-3,5-6H2,1H3/q-1. The van der Waals surface area contributed by atoms with E-state index >= 15 is 0 Å². The van der Waals surface area contributed by atoms with Gasteiger partial charge >= 0.3 is 0 Å². The first-order valence-corrected chi connectivity index (χ1v) is 5.59. The van der Waals surface area contributed by atoms with Crippen molar-refractivity contribution in [2.24, 2.45) is 0 Å². The van der Waals surface area contributed by atoms with Crippen molar-refractivity contribution in [2.75, 3.05) is 11.5 Å². The average Bonchev–Trinajstić information content (AvgIpc) is 1.91. The zero-order chi connectivity index (χ0) is 6.53. The number of rotatable bonds is 2. The molecule has 1 rings (SSSR count). The zero-order valence-electron chi connectivity index (χ0n) is 5.80. The molecule has 0 aliphatic carbocycles. The van der Waals surface area contributed by atoms with Crippen LogP contribution in [0.4, 0.5) is 0 Å². The van der Waals surface area contributed by atoms with Gasteiger partial charge in [-0.05, 0) is 17.9 Å². The van der Waals surface area contributed by atoms with Gasteiger partial charge in [0.1, 0.15) is 0 Å². The Bertz CT molecular complexity index is 64.6. The Morgan fingerprint density at radius 3 is 2.67 bits per heavy atom. The molecular formula is C7H13S2-. The molecule has 0 nitrogen and oxygen atoms in total. The Kier molecular flexibility index (Phi) is 3.91. The zero-order valence-corrected chi connectivity index (χ0v) is 7.43. The van der Waals surface area contributed by atoms with Crippen molar-refractivity contribution in [3.8, 4) is 0 Å². The lowest BCUT2D eigenvalue weighted by atomic mass is 10.4. The van der Waals surface area contributed by atoms with E-state index in [1.807, 2.05) is 0 Å². The van der Waals surface area contributed by atoms with Crippen molar-refractivity contribution in [1.82, 2.24) is 0 Å². The van der Waals surface area contributed by atoms with Crippen LogP contribution in [0.25, 0.3) is 0 Å². The van der Waals surface area contributed by atoms with Gasteiger partial charge < -0.3 is 6.42 Å². The van der Waals surface area contributed by atoms with Crippen LogP contribution in [0.5, 0.6) is 0 Å². The summed E-state index contributed by atoms with van der Waals surface area (Å²) < 4.78 is 0.809. The van der Waals surface area contributed by atoms with Gasteiger partial charge in [-0.25, -0.2) is 0 Å². The van der Waals surface area contributed by atoms with Gasteiger partial charge in [0.15, 0.2) is 0 Å². The normalized spacial score (nSPS) is 22.3. The Morgan fingerprint density at radius 2 is 2.11 bits per heavy atom. The lowest BCUT2D eigenvalue weighted by Gasteiger charge is -2.27. The predicted octanol–water partition coefficient (Wildman–Crippen LogP) is 2.80. The third-order valence-corrected chi connectivity index (χ3v) is 4.19. The van der Waals surface area contributed by atoms with E-state index in [0.717, 1.165) is 4.58 Å². The highest BCUT2D eigenvalue weighted by Crippen LogP contribution is 2.32. The molecule has 2 heteroatoms. The number of hydrogen-bond acceptors (Lipinski definition) is 2. The van der Waals surface area contributed by atoms with Crippen LogP contribution < -0.4 is 0 Å². The van der Waals surface area contributed by atoms with Crippen LogP contribution in [0.1, 0.15) is 19.8 Å². The summed E-state index contributed by atoms with van der Waals surface area (Å²) in [5.74, 6) is 2.74. The molecule has 0 spiro atoms. The van der Waals surface area contributed by atoms with Gasteiger partial charge in [0.05, 0.1) is 0 Å². The summed E-state index contributed by atoms with van der Waals surface area (Å²) in [6, 6.07) is 0. The molecule has 0 aromatic rings. The molecule has 0 saturated carbocycles. The fraction of sp³-hybridized carbons (Fsp3) is 0.857. The maximum atomic E-state index is 2.41. The summed E-state index contributed by atoms with van der Waals surface area (Å²) in [5.41, 5.74) is 0. The highest BCUT2D eigenvalue weighted by molar-refractivity contribution is 8.17. The third-order valence-electron chi connectivity index (χ3n) is 1.28. The Morgan fingerprint density at radius 1 is 1.44 bits per heavy atom. The van der Waals surface area contributed by atoms with Crippen LogP contribution in [0.3, 0.4) is 0 Å². The fourth-order valence-corrected chi connectivity index (χ4v) is 3.72. The molecule has 0 atom stereocenters. The lowest BCUT2D eigenvalue weighted by molar-refractivity contribution is 1.05. The molecule has 0 amide bonds. The molecule has 0 aromatic carbocycles. The second-order valence-corrected chi connectivity index (χ2v) is 4.90. The minimum Gasteiger partial charge on any atom is -0.306 e. The van der Waals surface area contributed by atoms with Gasteiger partial charge in [0.25, 0.3) is 0 Å². The second-order valence-electron chi connectivity index (χ2n) is 2.11. The van der Waals surface area contributed by atoms with Crippen LogP contribution >= 0.6 is 23.5 Å². The van der Waals surface area contributed by atoms with E-state index in [2.05, 4.69) is 36.9 Å². The van der Waals surface area contributed by atoms with Crippen LogP contribution in [-0.2, 0) is 0 Å². The van der Waals surface area contributed by atoms with Gasteiger partial charge in [-0.3, -0.25) is 0 Å². The van der Waals surface area contributed by atoms with Crippen LogP contribution in [0.15, 0.2) is 0 Å². The molecule has 9 heavy (non-hydrogen) atoms. The second kappa shape index (κ2) is 4.51. The predicted molar refractivity (Wildman–Crippen MR) is 47.9 cm³/mol. The first-order chi connectivity index (χ1) is 4.43. The van der Waals surface area contributed by atoms with Crippen molar-refractivity contribution in [2.45, 2.75) is 24.3 Å². The lowest BCUT2D eigenvalue weighted by Crippen LogP contribution is -2.06. The smallest absolute Gasteiger partial charge is 0.00751 e. The number of hydrogen-bond donors (Lipinski definition) is 0. The fourth-order valence-electron chi connectivity index (χ4n) is 0.835. The summed E-state index contributed by atoms with van der Waals surface area (Å²) in [6.45, 7) is 2.22. The van der Waals surface area contributed by atoms with Crippen LogP contribution in [-0.4, -0.2) is 16.1 Å². The van der Waals surface area contributed by atoms with E-state index in [0.29, 0.717) is 0 Å². The molecule has 1 fully saturated rings. The van der Waals surface area contributed by atoms with Crippen molar-refractivity contribution in [3.05, 3.63) is 6.42 Å². The topological polar surface area (TPSA) is 0 Å². The van der Waals surface area contributed by atoms with Gasteiger partial charge in [0.2, 0.25) is 0 Å². The van der Waals surface area contributed by atoms with E-state index in [1.54, 1.807) is 0 Å². The highest BCUT2D eigenvalue weighted by atomic mass is 32.2. The van der Waals surface area contributed by atoms with Crippen LogP contribution in [0.2, 0.25) is 0 Å². The molecule has 0 radical (unpaired) electrons. The van der Waals surface area contributed by atoms with Gasteiger partial charge in [-0.1, -0.05) is 11.5 Å². The molecule has 0 N–H and O–H groups in total. The van der Waals surface area contributed by atoms with E-state index in [-0.39, 0.29) is 0 Å². The largest absolute Gasteiger partial charge is 0.306 e. The summed E-state index contributed by atoms with van der Waals surface area (Å²) in [6.07, 6.45) is 5.04. The summed E-state index contributed by atoms with van der Waals surface area (Å²) in [5, 5.41) is 0. The van der Waals surface area contributed by atoms with Crippen molar-refractivity contribution in [3.63, 3.8) is 0 Å². The first-order valence-electron chi connectivity index (χ1n) is 3.50. The van der Waals surface area contributed by atoms with Gasteiger partial charge in [-0.2, -0.15) is 29.9 Å². The summed E-state index contributed by atoms with van der Waals surface area (Å²) in [7, 11) is 0. The molecule has 54 valence electrons. The Balaban J connectivity index is 2.08. The van der Waals surface area contributed by atoms with E-state index in [9.17, 15) is 0 Å². The molecule has 1 aliphatic heterocycles. The van der Waals surface area contributed by atoms with Gasteiger partial charge in [0, 0.05) is 0 Å². The van der Waals surface area contributed by atoms with Crippen molar-refractivity contribution in [1.29, 1.82) is 0 Å². The molecule has 0 bridgehead atoms. The molecule has 0 unspecified atom stereocenters. The van der Waals surface area contributed by atoms with Crippen molar-refractivity contribution >= 4 is 23.5 Å². The maximum absolute atomic E-state index is 2.41. The van der Waals surface area contributed by atoms with Crippen molar-refractivity contribution < 1.29 is 0 Å². The third kappa shape index (κ3) is 2.85. The minimum atomic E-state index is 0.809. The van der Waals surface area contributed by atoms with E-state index in [4.69, 9.17) is 0 Å². The Hall–Kier alpha value is 0.700. The van der Waals surface area contributed by atoms with E-state index in [1.165, 1.54) is 24.3 Å². The molecule has 0 aromatic heterocycles. The SMILES string of the molecule is CC[CH-]C1SCCCS1. The molecule has 1 saturated heterocycles. The molecule has 1 aliphatic rings. The molecular weight excluding hydrogens is 148 g/mol. The van der Waals surface area contributed by atoms with Crippen LogP contribution in [0, 0.1) is 6.42 Å². The van der Waals surface area contributed by atoms with E-state index < -0.39 is 0 Å². The quantitative estimate of drug-likeness (QED) is 0.571. The maximum Gasteiger partial charge on any atom is -0.00751 e. The summed E-state index contributed by atoms with van der Waals surface area (Å²) in [4.78, 5) is 0. The van der Waals surface area contributed by atoms with Gasteiger partial charge in [-0.15, -0.1) is 0 Å². The molecule has 1 heterocycles. The first kappa shape index (κ1) is 7.80. The highest BCUT2D eigenvalue weighted by Gasteiger charge is 2.04. The summed E-state index contributed by atoms with van der Waals surface area (Å²) >= 11 is 4.19. The number of thioether (sulfide) groups is 2. The monoisotopic (exact) mass is 161 g/mol. The minimum absolute atomic E-state index is 0.809. The Labute approximate surface area is 66.2 Å². The average molecular weight is 161 g/mol.